The number of hydrogen-bond acceptors (Lipinski definition) is 4. The summed E-state index contributed by atoms with van der Waals surface area (Å²) in [6.45, 7) is 5.37. The predicted octanol–water partition coefficient (Wildman–Crippen LogP) is 3.99. The Morgan fingerprint density at radius 2 is 1.84 bits per heavy atom. The van der Waals surface area contributed by atoms with Crippen LogP contribution in [0.3, 0.4) is 0 Å². The van der Waals surface area contributed by atoms with Gasteiger partial charge in [0.25, 0.3) is 5.91 Å². The van der Waals surface area contributed by atoms with Crippen molar-refractivity contribution in [2.75, 3.05) is 25.1 Å². The van der Waals surface area contributed by atoms with Crippen LogP contribution >= 0.6 is 0 Å². The molecule has 2 aromatic rings. The van der Waals surface area contributed by atoms with Gasteiger partial charge >= 0.3 is 0 Å². The average Bonchev–Trinajstić information content (AvgIpc) is 2.66. The van der Waals surface area contributed by atoms with Gasteiger partial charge in [0.15, 0.2) is 18.1 Å². The first kappa shape index (κ1) is 17.1. The van der Waals surface area contributed by atoms with Gasteiger partial charge in [0, 0.05) is 11.8 Å². The molecule has 3 rings (SSSR count). The Bertz CT molecular complexity index is 727. The van der Waals surface area contributed by atoms with Crippen LogP contribution in [0.15, 0.2) is 42.5 Å². The lowest BCUT2D eigenvalue weighted by molar-refractivity contribution is -0.118. The van der Waals surface area contributed by atoms with Crippen molar-refractivity contribution in [1.82, 2.24) is 0 Å². The van der Waals surface area contributed by atoms with Gasteiger partial charge in [-0.2, -0.15) is 0 Å². The van der Waals surface area contributed by atoms with Crippen molar-refractivity contribution < 1.29 is 19.0 Å². The van der Waals surface area contributed by atoms with E-state index in [-0.39, 0.29) is 12.5 Å². The summed E-state index contributed by atoms with van der Waals surface area (Å²) in [5.74, 6) is 2.33. The fourth-order valence-corrected chi connectivity index (χ4v) is 2.60. The lowest BCUT2D eigenvalue weighted by atomic mass is 9.99. The Labute approximate surface area is 147 Å². The molecule has 25 heavy (non-hydrogen) atoms. The zero-order chi connectivity index (χ0) is 17.6. The standard InChI is InChI=1S/C20H23NO4/c1-3-14(2)15-4-7-17(8-5-15)25-13-20(22)21-16-6-9-18-19(12-16)24-11-10-23-18/h4-9,12,14H,3,10-11,13H2,1-2H3,(H,21,22)/t14-/m1/s1. The molecule has 0 radical (unpaired) electrons. The molecule has 132 valence electrons. The molecule has 1 heterocycles. The predicted molar refractivity (Wildman–Crippen MR) is 96.7 cm³/mol. The van der Waals surface area contributed by atoms with Gasteiger partial charge in [-0.05, 0) is 42.2 Å². The molecular formula is C20H23NO4. The summed E-state index contributed by atoms with van der Waals surface area (Å²) in [6, 6.07) is 13.2. The number of amides is 1. The minimum Gasteiger partial charge on any atom is -0.486 e. The number of rotatable bonds is 6. The van der Waals surface area contributed by atoms with Crippen molar-refractivity contribution in [2.24, 2.45) is 0 Å². The van der Waals surface area contributed by atoms with E-state index in [2.05, 4.69) is 19.2 Å². The largest absolute Gasteiger partial charge is 0.486 e. The van der Waals surface area contributed by atoms with E-state index in [0.717, 1.165) is 6.42 Å². The molecule has 0 fully saturated rings. The second-order valence-electron chi connectivity index (χ2n) is 6.07. The van der Waals surface area contributed by atoms with Crippen LogP contribution in [0.2, 0.25) is 0 Å². The third-order valence-corrected chi connectivity index (χ3v) is 4.26. The van der Waals surface area contributed by atoms with Gasteiger partial charge in [0.05, 0.1) is 0 Å². The van der Waals surface area contributed by atoms with Crippen LogP contribution in [0.4, 0.5) is 5.69 Å². The Morgan fingerprint density at radius 1 is 1.12 bits per heavy atom. The summed E-state index contributed by atoms with van der Waals surface area (Å²) in [6.07, 6.45) is 1.10. The van der Waals surface area contributed by atoms with Crippen LogP contribution in [0.1, 0.15) is 31.7 Å². The zero-order valence-corrected chi connectivity index (χ0v) is 14.6. The third kappa shape index (κ3) is 4.44. The highest BCUT2D eigenvalue weighted by atomic mass is 16.6. The van der Waals surface area contributed by atoms with Crippen LogP contribution in [-0.4, -0.2) is 25.7 Å². The van der Waals surface area contributed by atoms with Crippen molar-refractivity contribution in [1.29, 1.82) is 0 Å². The maximum absolute atomic E-state index is 12.1. The lowest BCUT2D eigenvalue weighted by Crippen LogP contribution is -2.20. The third-order valence-electron chi connectivity index (χ3n) is 4.26. The van der Waals surface area contributed by atoms with Gasteiger partial charge < -0.3 is 19.5 Å². The molecule has 0 saturated carbocycles. The van der Waals surface area contributed by atoms with Gasteiger partial charge in [-0.15, -0.1) is 0 Å². The second kappa shape index (κ2) is 7.92. The molecule has 5 nitrogen and oxygen atoms in total. The van der Waals surface area contributed by atoms with Crippen molar-refractivity contribution in [3.05, 3.63) is 48.0 Å². The molecule has 1 N–H and O–H groups in total. The van der Waals surface area contributed by atoms with Crippen LogP contribution in [0.25, 0.3) is 0 Å². The number of fused-ring (bicyclic) bond motifs is 1. The highest BCUT2D eigenvalue weighted by molar-refractivity contribution is 5.92. The first-order chi connectivity index (χ1) is 12.2. The smallest absolute Gasteiger partial charge is 0.262 e. The summed E-state index contributed by atoms with van der Waals surface area (Å²) in [7, 11) is 0. The fraction of sp³-hybridized carbons (Fsp3) is 0.350. The summed E-state index contributed by atoms with van der Waals surface area (Å²) in [5.41, 5.74) is 1.93. The molecular weight excluding hydrogens is 318 g/mol. The first-order valence-electron chi connectivity index (χ1n) is 8.58. The quantitative estimate of drug-likeness (QED) is 0.863. The van der Waals surface area contributed by atoms with Crippen LogP contribution in [-0.2, 0) is 4.79 Å². The van der Waals surface area contributed by atoms with Crippen molar-refractivity contribution >= 4 is 11.6 Å². The van der Waals surface area contributed by atoms with Crippen molar-refractivity contribution in [3.63, 3.8) is 0 Å². The van der Waals surface area contributed by atoms with E-state index >= 15 is 0 Å². The van der Waals surface area contributed by atoms with E-state index in [0.29, 0.717) is 42.1 Å². The molecule has 1 amide bonds. The molecule has 1 aliphatic rings. The van der Waals surface area contributed by atoms with Gasteiger partial charge in [0.2, 0.25) is 0 Å². The monoisotopic (exact) mass is 341 g/mol. The number of carbonyl (C=O) groups excluding carboxylic acids is 1. The number of ether oxygens (including phenoxy) is 3. The molecule has 0 bridgehead atoms. The number of benzene rings is 2. The molecule has 0 spiro atoms. The lowest BCUT2D eigenvalue weighted by Gasteiger charge is -2.19. The van der Waals surface area contributed by atoms with E-state index in [1.807, 2.05) is 24.3 Å². The van der Waals surface area contributed by atoms with E-state index in [4.69, 9.17) is 14.2 Å². The number of carbonyl (C=O) groups is 1. The fourth-order valence-electron chi connectivity index (χ4n) is 2.60. The average molecular weight is 341 g/mol. The normalized spacial score (nSPS) is 13.8. The van der Waals surface area contributed by atoms with Crippen LogP contribution < -0.4 is 19.5 Å². The van der Waals surface area contributed by atoms with E-state index in [1.165, 1.54) is 5.56 Å². The van der Waals surface area contributed by atoms with Crippen molar-refractivity contribution in [2.45, 2.75) is 26.2 Å². The van der Waals surface area contributed by atoms with Crippen LogP contribution in [0.5, 0.6) is 17.2 Å². The minimum atomic E-state index is -0.220. The van der Waals surface area contributed by atoms with Crippen LogP contribution in [0, 0.1) is 0 Å². The summed E-state index contributed by atoms with van der Waals surface area (Å²) >= 11 is 0. The maximum atomic E-state index is 12.1. The SMILES string of the molecule is CC[C@@H](C)c1ccc(OCC(=O)Nc2ccc3c(c2)OCCO3)cc1. The van der Waals surface area contributed by atoms with Gasteiger partial charge in [-0.3, -0.25) is 4.79 Å². The minimum absolute atomic E-state index is 0.0445. The molecule has 0 aromatic heterocycles. The maximum Gasteiger partial charge on any atom is 0.262 e. The molecule has 0 unspecified atom stereocenters. The van der Waals surface area contributed by atoms with Crippen molar-refractivity contribution in [3.8, 4) is 17.2 Å². The first-order valence-corrected chi connectivity index (χ1v) is 8.58. The topological polar surface area (TPSA) is 56.8 Å². The molecule has 1 atom stereocenters. The van der Waals surface area contributed by atoms with Gasteiger partial charge in [0.1, 0.15) is 19.0 Å². The molecule has 5 heteroatoms. The highest BCUT2D eigenvalue weighted by Gasteiger charge is 2.13. The van der Waals surface area contributed by atoms with E-state index < -0.39 is 0 Å². The van der Waals surface area contributed by atoms with E-state index in [9.17, 15) is 4.79 Å². The molecule has 2 aromatic carbocycles. The van der Waals surface area contributed by atoms with E-state index in [1.54, 1.807) is 18.2 Å². The highest BCUT2D eigenvalue weighted by Crippen LogP contribution is 2.32. The second-order valence-corrected chi connectivity index (χ2v) is 6.07. The number of anilines is 1. The van der Waals surface area contributed by atoms with Gasteiger partial charge in [-0.1, -0.05) is 26.0 Å². The molecule has 1 aliphatic heterocycles. The Kier molecular flexibility index (Phi) is 5.43. The zero-order valence-electron chi connectivity index (χ0n) is 14.6. The summed E-state index contributed by atoms with van der Waals surface area (Å²) in [5, 5.41) is 2.80. The molecule has 0 aliphatic carbocycles. The molecule has 0 saturated heterocycles. The Hall–Kier alpha value is -2.69. The summed E-state index contributed by atoms with van der Waals surface area (Å²) in [4.78, 5) is 12.1. The Morgan fingerprint density at radius 3 is 2.56 bits per heavy atom. The Balaban J connectivity index is 1.52. The number of hydrogen-bond donors (Lipinski definition) is 1. The van der Waals surface area contributed by atoms with Gasteiger partial charge in [-0.25, -0.2) is 0 Å². The number of nitrogens with one attached hydrogen (secondary N) is 1. The summed E-state index contributed by atoms with van der Waals surface area (Å²) < 4.78 is 16.5.